The second-order valence-electron chi connectivity index (χ2n) is 8.98. The van der Waals surface area contributed by atoms with Gasteiger partial charge in [-0.2, -0.15) is 5.01 Å². The van der Waals surface area contributed by atoms with Crippen LogP contribution in [0.15, 0.2) is 48.5 Å². The fraction of sp³-hybridized carbons (Fsp3) is 0.400. The lowest BCUT2D eigenvalue weighted by Crippen LogP contribution is -2.50. The van der Waals surface area contributed by atoms with Gasteiger partial charge in [0.05, 0.1) is 19.8 Å². The van der Waals surface area contributed by atoms with Crippen LogP contribution in [0.4, 0.5) is 4.79 Å². The Balaban J connectivity index is 1.26. The van der Waals surface area contributed by atoms with E-state index in [4.69, 9.17) is 9.47 Å². The molecule has 0 bridgehead atoms. The van der Waals surface area contributed by atoms with E-state index in [1.807, 2.05) is 24.3 Å². The van der Waals surface area contributed by atoms with E-state index in [0.29, 0.717) is 18.8 Å². The predicted molar refractivity (Wildman–Crippen MR) is 123 cm³/mol. The van der Waals surface area contributed by atoms with Crippen molar-refractivity contribution < 1.29 is 23.9 Å². The highest BCUT2D eigenvalue weighted by molar-refractivity contribution is 6.08. The number of nitrogens with zero attached hydrogens (tertiary/aromatic N) is 2. The molecule has 34 heavy (non-hydrogen) atoms. The number of fused-ring (bicyclic) bond motifs is 1. The van der Waals surface area contributed by atoms with Crippen molar-refractivity contribution in [1.82, 2.24) is 20.7 Å². The Morgan fingerprint density at radius 1 is 1.09 bits per heavy atom. The van der Waals surface area contributed by atoms with Crippen LogP contribution in [0.1, 0.15) is 43.4 Å². The van der Waals surface area contributed by atoms with Gasteiger partial charge in [0.25, 0.3) is 11.8 Å². The van der Waals surface area contributed by atoms with Crippen LogP contribution in [-0.4, -0.2) is 54.1 Å². The predicted octanol–water partition coefficient (Wildman–Crippen LogP) is 2.48. The first-order valence-electron chi connectivity index (χ1n) is 11.6. The number of hydrogen-bond donors (Lipinski definition) is 2. The molecule has 0 spiro atoms. The number of ether oxygens (including phenoxy) is 2. The molecule has 2 saturated heterocycles. The topological polar surface area (TPSA) is 100 Å². The number of hydrogen-bond acceptors (Lipinski definition) is 6. The van der Waals surface area contributed by atoms with Gasteiger partial charge in [0, 0.05) is 12.5 Å². The minimum absolute atomic E-state index is 0.0422. The second kappa shape index (κ2) is 8.98. The summed E-state index contributed by atoms with van der Waals surface area (Å²) in [6.45, 7) is 3.69. The van der Waals surface area contributed by atoms with Crippen molar-refractivity contribution in [2.45, 2.75) is 37.8 Å². The molecule has 2 atom stereocenters. The lowest BCUT2D eigenvalue weighted by molar-refractivity contribution is -0.139. The fourth-order valence-electron chi connectivity index (χ4n) is 4.83. The summed E-state index contributed by atoms with van der Waals surface area (Å²) in [6, 6.07) is 14.3. The van der Waals surface area contributed by atoms with Crippen LogP contribution in [0.25, 0.3) is 0 Å². The number of amides is 4. The average molecular weight is 465 g/mol. The maximum atomic E-state index is 13.0. The van der Waals surface area contributed by atoms with Crippen LogP contribution >= 0.6 is 0 Å². The number of imide groups is 1. The van der Waals surface area contributed by atoms with E-state index in [9.17, 15) is 14.4 Å². The highest BCUT2D eigenvalue weighted by atomic mass is 16.5. The molecule has 4 amide bonds. The van der Waals surface area contributed by atoms with Crippen LogP contribution in [0, 0.1) is 0 Å². The molecule has 3 aliphatic rings. The first-order chi connectivity index (χ1) is 16.5. The quantitative estimate of drug-likeness (QED) is 0.660. The minimum Gasteiger partial charge on any atom is -0.490 e. The fourth-order valence-corrected chi connectivity index (χ4v) is 4.83. The van der Waals surface area contributed by atoms with E-state index in [1.54, 1.807) is 31.2 Å². The molecule has 5 rings (SSSR count). The Hall–Kier alpha value is -3.59. The molecule has 2 N–H and O–H groups in total. The summed E-state index contributed by atoms with van der Waals surface area (Å²) in [6.07, 6.45) is 2.69. The summed E-state index contributed by atoms with van der Waals surface area (Å²) in [7, 11) is 0. The normalized spacial score (nSPS) is 24.6. The molecule has 0 saturated carbocycles. The van der Waals surface area contributed by atoms with Crippen molar-refractivity contribution in [1.29, 1.82) is 0 Å². The lowest BCUT2D eigenvalue weighted by Gasteiger charge is -2.26. The monoisotopic (exact) mass is 464 g/mol. The number of benzene rings is 2. The van der Waals surface area contributed by atoms with E-state index in [-0.39, 0.29) is 12.6 Å². The maximum Gasteiger partial charge on any atom is 0.344 e. The number of carbonyl (C=O) groups excluding carboxylic acids is 3. The van der Waals surface area contributed by atoms with Gasteiger partial charge in [0.15, 0.2) is 11.5 Å². The standard InChI is InChI=1S/C25H28N4O5/c1-25(18-7-3-2-4-8-18)23(31)29(24(32)26-25)27-22(30)16-28-12-5-9-19(28)17-10-11-20-21(15-17)34-14-6-13-33-20/h2-4,7-8,10-11,15,19H,5-6,9,12-14,16H2,1H3,(H,26,32)(H,27,30)/t19-,25-/m1/s1. The molecule has 2 aromatic carbocycles. The van der Waals surface area contributed by atoms with Crippen molar-refractivity contribution in [3.8, 4) is 11.5 Å². The first-order valence-corrected chi connectivity index (χ1v) is 11.6. The summed E-state index contributed by atoms with van der Waals surface area (Å²) in [5, 5.41) is 3.48. The third kappa shape index (κ3) is 4.07. The van der Waals surface area contributed by atoms with Crippen molar-refractivity contribution in [3.05, 3.63) is 59.7 Å². The maximum absolute atomic E-state index is 13.0. The van der Waals surface area contributed by atoms with Crippen molar-refractivity contribution in [2.75, 3.05) is 26.3 Å². The largest absolute Gasteiger partial charge is 0.490 e. The molecule has 2 fully saturated rings. The summed E-state index contributed by atoms with van der Waals surface area (Å²) in [5.41, 5.74) is 2.99. The summed E-state index contributed by atoms with van der Waals surface area (Å²) >= 11 is 0. The molecule has 0 aromatic heterocycles. The van der Waals surface area contributed by atoms with Crippen LogP contribution in [0.5, 0.6) is 11.5 Å². The van der Waals surface area contributed by atoms with E-state index in [1.165, 1.54) is 0 Å². The van der Waals surface area contributed by atoms with Gasteiger partial charge >= 0.3 is 6.03 Å². The molecule has 0 radical (unpaired) electrons. The van der Waals surface area contributed by atoms with Crippen LogP contribution in [0.3, 0.4) is 0 Å². The van der Waals surface area contributed by atoms with Crippen LogP contribution in [0.2, 0.25) is 0 Å². The van der Waals surface area contributed by atoms with Crippen molar-refractivity contribution in [3.63, 3.8) is 0 Å². The summed E-state index contributed by atoms with van der Waals surface area (Å²) in [5.74, 6) is 0.536. The average Bonchev–Trinajstić information content (AvgIpc) is 3.27. The zero-order valence-electron chi connectivity index (χ0n) is 19.1. The SMILES string of the molecule is C[C@]1(c2ccccc2)NC(=O)N(NC(=O)CN2CCC[C@@H]2c2ccc3c(c2)OCCCO3)C1=O. The third-order valence-electron chi connectivity index (χ3n) is 6.65. The van der Waals surface area contributed by atoms with Gasteiger partial charge in [-0.05, 0) is 49.6 Å². The number of urea groups is 1. The van der Waals surface area contributed by atoms with Gasteiger partial charge in [-0.25, -0.2) is 4.79 Å². The van der Waals surface area contributed by atoms with Gasteiger partial charge in [-0.15, -0.1) is 0 Å². The van der Waals surface area contributed by atoms with E-state index >= 15 is 0 Å². The van der Waals surface area contributed by atoms with Gasteiger partial charge < -0.3 is 14.8 Å². The molecule has 2 aromatic rings. The number of likely N-dealkylation sites (tertiary alicyclic amines) is 1. The van der Waals surface area contributed by atoms with Gasteiger partial charge in [-0.3, -0.25) is 19.9 Å². The second-order valence-corrected chi connectivity index (χ2v) is 8.98. The van der Waals surface area contributed by atoms with E-state index < -0.39 is 23.4 Å². The van der Waals surface area contributed by atoms with Crippen LogP contribution < -0.4 is 20.2 Å². The Kier molecular flexibility index (Phi) is 5.87. The third-order valence-corrected chi connectivity index (χ3v) is 6.65. The number of hydrazine groups is 1. The van der Waals surface area contributed by atoms with Gasteiger partial charge in [0.2, 0.25) is 0 Å². The first kappa shape index (κ1) is 22.2. The Bertz CT molecular complexity index is 1110. The van der Waals surface area contributed by atoms with E-state index in [2.05, 4.69) is 15.6 Å². The highest BCUT2D eigenvalue weighted by Crippen LogP contribution is 2.37. The Labute approximate surface area is 198 Å². The molecule has 3 heterocycles. The van der Waals surface area contributed by atoms with E-state index in [0.717, 1.165) is 47.9 Å². The molecule has 9 heteroatoms. The molecular formula is C25H28N4O5. The smallest absolute Gasteiger partial charge is 0.344 e. The number of rotatable bonds is 5. The number of carbonyl (C=O) groups is 3. The van der Waals surface area contributed by atoms with Crippen LogP contribution in [-0.2, 0) is 15.1 Å². The Morgan fingerprint density at radius 3 is 2.65 bits per heavy atom. The molecule has 9 nitrogen and oxygen atoms in total. The van der Waals surface area contributed by atoms with Crippen molar-refractivity contribution in [2.24, 2.45) is 0 Å². The zero-order valence-corrected chi connectivity index (χ0v) is 19.1. The number of nitrogens with one attached hydrogen (secondary N) is 2. The molecule has 178 valence electrons. The van der Waals surface area contributed by atoms with Crippen molar-refractivity contribution >= 4 is 17.8 Å². The highest BCUT2D eigenvalue weighted by Gasteiger charge is 2.50. The molecular weight excluding hydrogens is 436 g/mol. The molecule has 3 aliphatic heterocycles. The zero-order chi connectivity index (χ0) is 23.7. The Morgan fingerprint density at radius 2 is 1.85 bits per heavy atom. The molecule has 0 unspecified atom stereocenters. The summed E-state index contributed by atoms with van der Waals surface area (Å²) < 4.78 is 11.5. The van der Waals surface area contributed by atoms with Gasteiger partial charge in [-0.1, -0.05) is 36.4 Å². The van der Waals surface area contributed by atoms with Gasteiger partial charge in [0.1, 0.15) is 5.54 Å². The summed E-state index contributed by atoms with van der Waals surface area (Å²) in [4.78, 5) is 40.5. The minimum atomic E-state index is -1.23. The molecule has 0 aliphatic carbocycles. The lowest BCUT2D eigenvalue weighted by atomic mass is 9.92.